The van der Waals surface area contributed by atoms with E-state index in [9.17, 15) is 43.3 Å². The van der Waals surface area contributed by atoms with Gasteiger partial charge in [0.25, 0.3) is 5.91 Å². The van der Waals surface area contributed by atoms with Gasteiger partial charge in [0.05, 0.1) is 22.6 Å². The van der Waals surface area contributed by atoms with Crippen molar-refractivity contribution in [2.24, 2.45) is 5.92 Å². The molecule has 3 aromatic rings. The Balaban J connectivity index is 0.00000151. The van der Waals surface area contributed by atoms with Crippen LogP contribution in [-0.2, 0) is 15.9 Å². The quantitative estimate of drug-likeness (QED) is 0.0903. The van der Waals surface area contributed by atoms with E-state index in [0.29, 0.717) is 43.5 Å². The number of carboxylic acids is 1. The number of carboxylic acid groups (broad SMARTS) is 1. The Hall–Kier alpha value is -5.46. The fraction of sp³-hybridized carbons (Fsp3) is 0.410. The standard InChI is InChI=1S/C35H38BClF2N6O9.C4H8/c1-19(41-26-15-20-6-7-24(38)27(34(50)51)32(20)54-36(26)53-3)29(23-16-25(39)30(47)31(48)28(23)37)42-35(52)45(18-46)14-13-43(2)22-8-11-44(12-9-22)33(49)21-5-4-10-40-17-21;1-4-2-3-4/h4-7,10,16-18,22,26,29,41,47-48H,1,8-9,11-15H2,2-3H3,(H,42,52)(H,50,51);4H,2-3H2,1H3. The van der Waals surface area contributed by atoms with Crippen LogP contribution in [0.15, 0.2) is 55.0 Å². The number of halogens is 3. The van der Waals surface area contributed by atoms with E-state index < -0.39 is 64.8 Å². The Morgan fingerprint density at radius 1 is 1.14 bits per heavy atom. The fourth-order valence-electron chi connectivity index (χ4n) is 6.67. The molecule has 19 heteroatoms. The number of aromatic carboxylic acids is 1. The highest BCUT2D eigenvalue weighted by Gasteiger charge is 2.41. The summed E-state index contributed by atoms with van der Waals surface area (Å²) in [5.74, 6) is -6.07. The number of hydrogen-bond donors (Lipinski definition) is 5. The number of rotatable bonds is 13. The van der Waals surface area contributed by atoms with Crippen LogP contribution in [0, 0.1) is 17.6 Å². The van der Waals surface area contributed by atoms with Gasteiger partial charge < -0.3 is 45.1 Å². The van der Waals surface area contributed by atoms with E-state index >= 15 is 0 Å². The molecule has 1 saturated heterocycles. The van der Waals surface area contributed by atoms with Crippen molar-refractivity contribution < 1.29 is 52.6 Å². The normalized spacial score (nSPS) is 16.9. The number of nitrogens with zero attached hydrogens (tertiary/aromatic N) is 4. The maximum Gasteiger partial charge on any atom is 0.549 e. The lowest BCUT2D eigenvalue weighted by Crippen LogP contribution is -2.54. The molecule has 5 N–H and O–H groups in total. The van der Waals surface area contributed by atoms with Gasteiger partial charge >= 0.3 is 19.1 Å². The summed E-state index contributed by atoms with van der Waals surface area (Å²) < 4.78 is 40.3. The van der Waals surface area contributed by atoms with Gasteiger partial charge in [0.1, 0.15) is 17.1 Å². The van der Waals surface area contributed by atoms with Crippen LogP contribution in [-0.4, -0.2) is 119 Å². The van der Waals surface area contributed by atoms with Crippen molar-refractivity contribution in [3.05, 3.63) is 93.9 Å². The molecule has 3 aliphatic rings. The number of imide groups is 1. The maximum absolute atomic E-state index is 14.8. The Bertz CT molecular complexity index is 2010. The zero-order valence-corrected chi connectivity index (χ0v) is 33.0. The number of nitrogens with one attached hydrogen (secondary N) is 2. The van der Waals surface area contributed by atoms with E-state index in [0.717, 1.165) is 23.0 Å². The smallest absolute Gasteiger partial charge is 0.534 e. The molecule has 3 heterocycles. The first-order chi connectivity index (χ1) is 27.6. The Kier molecular flexibility index (Phi) is 14.5. The third-order valence-electron chi connectivity index (χ3n) is 10.4. The van der Waals surface area contributed by atoms with Gasteiger partial charge in [-0.25, -0.2) is 18.4 Å². The SMILES string of the molecule is C=C(NC1Cc2ccc(F)c(C(=O)O)c2OB1OC)C(NC(=O)N(C=O)CCN(C)C1CCN(C(=O)c2cccnc2)CC1)c1cc(F)c(O)c(O)c1Cl.CC1CC1. The van der Waals surface area contributed by atoms with Crippen LogP contribution in [0.5, 0.6) is 17.2 Å². The molecule has 2 atom stereocenters. The summed E-state index contributed by atoms with van der Waals surface area (Å²) in [6.07, 6.45) is 7.72. The van der Waals surface area contributed by atoms with Crippen LogP contribution in [0.4, 0.5) is 13.6 Å². The molecular weight excluding hydrogens is 781 g/mol. The van der Waals surface area contributed by atoms with Gasteiger partial charge in [-0.05, 0) is 62.1 Å². The zero-order chi connectivity index (χ0) is 42.3. The van der Waals surface area contributed by atoms with Crippen LogP contribution >= 0.6 is 11.6 Å². The van der Waals surface area contributed by atoms with E-state index in [4.69, 9.17) is 20.9 Å². The molecule has 6 rings (SSSR count). The molecular formula is C39H46BClF2N6O9. The van der Waals surface area contributed by atoms with Gasteiger partial charge in [-0.1, -0.05) is 44.0 Å². The van der Waals surface area contributed by atoms with Gasteiger partial charge in [-0.15, -0.1) is 0 Å². The van der Waals surface area contributed by atoms with E-state index in [1.165, 1.54) is 32.2 Å². The van der Waals surface area contributed by atoms with E-state index in [-0.39, 0.29) is 48.5 Å². The highest BCUT2D eigenvalue weighted by Crippen LogP contribution is 2.42. The van der Waals surface area contributed by atoms with Crippen molar-refractivity contribution >= 4 is 43.0 Å². The monoisotopic (exact) mass is 826 g/mol. The number of aromatic nitrogens is 1. The number of pyridine rings is 1. The van der Waals surface area contributed by atoms with E-state index in [1.54, 1.807) is 23.2 Å². The molecule has 2 fully saturated rings. The van der Waals surface area contributed by atoms with Crippen LogP contribution in [0.2, 0.25) is 5.02 Å². The molecule has 1 aliphatic carbocycles. The molecule has 310 valence electrons. The first-order valence-electron chi connectivity index (χ1n) is 18.7. The number of carbonyl (C=O) groups excluding carboxylic acids is 3. The number of amides is 4. The summed E-state index contributed by atoms with van der Waals surface area (Å²) in [6.45, 7) is 7.47. The summed E-state index contributed by atoms with van der Waals surface area (Å²) in [7, 11) is 1.89. The third-order valence-corrected chi connectivity index (χ3v) is 10.8. The lowest BCUT2D eigenvalue weighted by Gasteiger charge is -2.37. The number of urea groups is 1. The molecule has 4 amide bonds. The minimum absolute atomic E-state index is 0.0142. The third kappa shape index (κ3) is 10.3. The molecule has 0 radical (unpaired) electrons. The molecule has 0 spiro atoms. The molecule has 2 unspecified atom stereocenters. The second-order valence-corrected chi connectivity index (χ2v) is 14.9. The van der Waals surface area contributed by atoms with Crippen LogP contribution in [0.25, 0.3) is 0 Å². The number of aromatic hydroxyl groups is 2. The minimum Gasteiger partial charge on any atom is -0.534 e. The average molecular weight is 827 g/mol. The van der Waals surface area contributed by atoms with Crippen molar-refractivity contribution in [2.75, 3.05) is 40.3 Å². The zero-order valence-electron chi connectivity index (χ0n) is 32.3. The summed E-state index contributed by atoms with van der Waals surface area (Å²) in [5, 5.41) is 35.0. The number of piperidine rings is 1. The second-order valence-electron chi connectivity index (χ2n) is 14.5. The molecule has 1 saturated carbocycles. The highest BCUT2D eigenvalue weighted by molar-refractivity contribution is 6.48. The van der Waals surface area contributed by atoms with Crippen LogP contribution in [0.3, 0.4) is 0 Å². The number of fused-ring (bicyclic) bond motifs is 1. The van der Waals surface area contributed by atoms with Gasteiger partial charge in [-0.2, -0.15) is 0 Å². The number of likely N-dealkylation sites (tertiary alicyclic amines) is 1. The first kappa shape index (κ1) is 43.7. The van der Waals surface area contributed by atoms with Crippen molar-refractivity contribution in [3.63, 3.8) is 0 Å². The minimum atomic E-state index is -1.55. The van der Waals surface area contributed by atoms with Crippen LogP contribution < -0.4 is 15.3 Å². The second kappa shape index (κ2) is 19.3. The average Bonchev–Trinajstić information content (AvgIpc) is 4.02. The van der Waals surface area contributed by atoms with Crippen LogP contribution in [0.1, 0.15) is 70.5 Å². The summed E-state index contributed by atoms with van der Waals surface area (Å²) in [5.41, 5.74) is -0.181. The van der Waals surface area contributed by atoms with Crippen molar-refractivity contribution in [1.29, 1.82) is 0 Å². The number of likely N-dealkylation sites (N-methyl/N-ethyl adjacent to an activating group) is 1. The fourth-order valence-corrected chi connectivity index (χ4v) is 6.92. The maximum atomic E-state index is 14.8. The lowest BCUT2D eigenvalue weighted by molar-refractivity contribution is -0.115. The molecule has 2 aliphatic heterocycles. The Morgan fingerprint density at radius 2 is 1.83 bits per heavy atom. The molecule has 15 nitrogen and oxygen atoms in total. The summed E-state index contributed by atoms with van der Waals surface area (Å²) in [4.78, 5) is 59.0. The number of benzene rings is 2. The molecule has 58 heavy (non-hydrogen) atoms. The summed E-state index contributed by atoms with van der Waals surface area (Å²) >= 11 is 6.33. The van der Waals surface area contributed by atoms with Crippen molar-refractivity contribution in [1.82, 2.24) is 30.3 Å². The van der Waals surface area contributed by atoms with Gasteiger partial charge in [0, 0.05) is 63.0 Å². The van der Waals surface area contributed by atoms with E-state index in [2.05, 4.69) is 29.1 Å². The predicted octanol–water partition coefficient (Wildman–Crippen LogP) is 4.77. The number of phenols is 2. The van der Waals surface area contributed by atoms with Gasteiger partial charge in [-0.3, -0.25) is 19.5 Å². The first-order valence-corrected chi connectivity index (χ1v) is 19.0. The number of carbonyl (C=O) groups is 4. The topological polar surface area (TPSA) is 194 Å². The molecule has 1 aromatic heterocycles. The highest BCUT2D eigenvalue weighted by atomic mass is 35.5. The summed E-state index contributed by atoms with van der Waals surface area (Å²) in [6, 6.07) is 4.17. The predicted molar refractivity (Wildman–Crippen MR) is 209 cm³/mol. The molecule has 0 bridgehead atoms. The van der Waals surface area contributed by atoms with Gasteiger partial charge in [0.15, 0.2) is 17.3 Å². The van der Waals surface area contributed by atoms with Crippen molar-refractivity contribution in [2.45, 2.75) is 57.1 Å². The largest absolute Gasteiger partial charge is 0.549 e. The Morgan fingerprint density at radius 3 is 2.41 bits per heavy atom. The lowest BCUT2D eigenvalue weighted by atomic mass is 9.71. The Labute approximate surface area is 339 Å². The van der Waals surface area contributed by atoms with Gasteiger partial charge in [0.2, 0.25) is 6.41 Å². The molecule has 2 aromatic carbocycles. The number of phenolic OH excluding ortho intramolecular Hbond substituents is 2. The number of hydrogen-bond acceptors (Lipinski definition) is 11. The van der Waals surface area contributed by atoms with E-state index in [1.807, 2.05) is 11.9 Å². The van der Waals surface area contributed by atoms with Crippen molar-refractivity contribution in [3.8, 4) is 17.2 Å².